The molecular weight excluding hydrogens is 182 g/mol. The van der Waals surface area contributed by atoms with E-state index in [0.717, 1.165) is 19.4 Å². The van der Waals surface area contributed by atoms with Gasteiger partial charge in [-0.3, -0.25) is 4.79 Å². The molecule has 0 amide bonds. The van der Waals surface area contributed by atoms with Gasteiger partial charge < -0.3 is 15.2 Å². The molecule has 1 rings (SSSR count). The summed E-state index contributed by atoms with van der Waals surface area (Å²) >= 11 is 0. The maximum absolute atomic E-state index is 10.1. The highest BCUT2D eigenvalue weighted by atomic mass is 16.5. The van der Waals surface area contributed by atoms with Gasteiger partial charge in [-0.05, 0) is 40.2 Å². The van der Waals surface area contributed by atoms with Crippen LogP contribution in [-0.4, -0.2) is 36.4 Å². The number of carbonyl (C=O) groups is 1. The lowest BCUT2D eigenvalue weighted by atomic mass is 10.2. The van der Waals surface area contributed by atoms with Gasteiger partial charge in [-0.1, -0.05) is 0 Å². The van der Waals surface area contributed by atoms with Crippen molar-refractivity contribution in [1.29, 1.82) is 0 Å². The lowest BCUT2D eigenvalue weighted by molar-refractivity contribution is -0.139. The molecule has 84 valence electrons. The quantitative estimate of drug-likeness (QED) is 0.673. The zero-order valence-electron chi connectivity index (χ0n) is 9.46. The van der Waals surface area contributed by atoms with Crippen molar-refractivity contribution >= 4 is 5.97 Å². The van der Waals surface area contributed by atoms with E-state index >= 15 is 0 Å². The van der Waals surface area contributed by atoms with Crippen LogP contribution in [0.25, 0.3) is 0 Å². The number of nitrogens with one attached hydrogen (secondary N) is 1. The minimum absolute atomic E-state index is 0.0417. The Bertz CT molecular complexity index is 169. The Morgan fingerprint density at radius 2 is 2.00 bits per heavy atom. The predicted octanol–water partition coefficient (Wildman–Crippen LogP) is 1.25. The summed E-state index contributed by atoms with van der Waals surface area (Å²) in [6, 6.07) is -0.269. The summed E-state index contributed by atoms with van der Waals surface area (Å²) in [7, 11) is 1.71. The lowest BCUT2D eigenvalue weighted by Gasteiger charge is -2.14. The fraction of sp³-hybridized carbons (Fsp3) is 0.900. The Balaban J connectivity index is 0.000000255. The smallest absolute Gasteiger partial charge is 0.320 e. The van der Waals surface area contributed by atoms with Crippen LogP contribution in [0.4, 0.5) is 0 Å². The fourth-order valence-corrected chi connectivity index (χ4v) is 0.895. The molecule has 1 fully saturated rings. The average molecular weight is 203 g/mol. The molecule has 0 aromatic heterocycles. The Morgan fingerprint density at radius 3 is 2.14 bits per heavy atom. The summed E-state index contributed by atoms with van der Waals surface area (Å²) < 4.78 is 4.94. The maximum atomic E-state index is 10.1. The van der Waals surface area contributed by atoms with Crippen LogP contribution in [0.3, 0.4) is 0 Å². The number of hydrogen-bond donors (Lipinski definition) is 2. The molecule has 0 radical (unpaired) electrons. The van der Waals surface area contributed by atoms with Crippen molar-refractivity contribution in [3.8, 4) is 0 Å². The molecule has 1 saturated heterocycles. The van der Waals surface area contributed by atoms with Crippen molar-refractivity contribution in [2.24, 2.45) is 0 Å². The number of carboxylic acid groups (broad SMARTS) is 1. The van der Waals surface area contributed by atoms with Crippen LogP contribution < -0.4 is 5.32 Å². The minimum Gasteiger partial charge on any atom is -0.480 e. The number of carboxylic acids is 1. The molecule has 4 nitrogen and oxygen atoms in total. The van der Waals surface area contributed by atoms with Crippen molar-refractivity contribution < 1.29 is 14.6 Å². The first-order valence-corrected chi connectivity index (χ1v) is 4.88. The molecule has 0 aliphatic carbocycles. The molecule has 4 heteroatoms. The molecule has 1 aliphatic rings. The zero-order valence-corrected chi connectivity index (χ0v) is 9.46. The monoisotopic (exact) mass is 203 g/mol. The number of aliphatic carboxylic acids is 1. The largest absolute Gasteiger partial charge is 0.480 e. The van der Waals surface area contributed by atoms with Gasteiger partial charge in [0.15, 0.2) is 0 Å². The van der Waals surface area contributed by atoms with E-state index in [2.05, 4.69) is 5.32 Å². The highest BCUT2D eigenvalue weighted by Gasteiger charge is 2.20. The lowest BCUT2D eigenvalue weighted by Crippen LogP contribution is -2.29. The summed E-state index contributed by atoms with van der Waals surface area (Å²) in [5.74, 6) is -0.720. The molecule has 2 N–H and O–H groups in total. The summed E-state index contributed by atoms with van der Waals surface area (Å²) in [5.41, 5.74) is 0.0417. The normalized spacial score (nSPS) is 21.3. The summed E-state index contributed by atoms with van der Waals surface area (Å²) in [6.07, 6.45) is 1.78. The molecular formula is C10H21NO3. The van der Waals surface area contributed by atoms with Gasteiger partial charge in [0, 0.05) is 7.11 Å². The van der Waals surface area contributed by atoms with Crippen LogP contribution in [-0.2, 0) is 9.53 Å². The zero-order chi connectivity index (χ0) is 11.2. The van der Waals surface area contributed by atoms with E-state index in [1.807, 2.05) is 20.8 Å². The Morgan fingerprint density at radius 1 is 1.50 bits per heavy atom. The van der Waals surface area contributed by atoms with Crippen LogP contribution >= 0.6 is 0 Å². The molecule has 0 bridgehead atoms. The second kappa shape index (κ2) is 5.98. The van der Waals surface area contributed by atoms with Gasteiger partial charge in [-0.25, -0.2) is 0 Å². The summed E-state index contributed by atoms with van der Waals surface area (Å²) in [4.78, 5) is 10.1. The van der Waals surface area contributed by atoms with Gasteiger partial charge in [0.05, 0.1) is 5.60 Å². The Kier molecular flexibility index (Phi) is 5.72. The van der Waals surface area contributed by atoms with Crippen LogP contribution in [0.15, 0.2) is 0 Å². The number of ether oxygens (including phenoxy) is 1. The molecule has 0 aromatic rings. The molecule has 0 spiro atoms. The number of rotatable bonds is 1. The number of methoxy groups -OCH3 is 1. The Hall–Kier alpha value is -0.610. The molecule has 1 aliphatic heterocycles. The standard InChI is InChI=1S/C5H9NO2.C5H12O/c7-5(8)4-2-1-3-6-4;1-5(2,3)6-4/h4,6H,1-3H2,(H,7,8);1-4H3/t4-;/m0./s1. The summed E-state index contributed by atoms with van der Waals surface area (Å²) in [6.45, 7) is 6.92. The first-order valence-electron chi connectivity index (χ1n) is 4.88. The maximum Gasteiger partial charge on any atom is 0.320 e. The van der Waals surface area contributed by atoms with Gasteiger partial charge in [0.2, 0.25) is 0 Å². The molecule has 1 heterocycles. The molecule has 0 unspecified atom stereocenters. The van der Waals surface area contributed by atoms with E-state index < -0.39 is 5.97 Å². The van der Waals surface area contributed by atoms with Crippen LogP contribution in [0.5, 0.6) is 0 Å². The van der Waals surface area contributed by atoms with E-state index in [1.165, 1.54) is 0 Å². The van der Waals surface area contributed by atoms with Gasteiger partial charge in [-0.15, -0.1) is 0 Å². The first kappa shape index (κ1) is 13.4. The summed E-state index contributed by atoms with van der Waals surface area (Å²) in [5, 5.41) is 11.2. The second-order valence-corrected chi connectivity index (χ2v) is 4.30. The van der Waals surface area contributed by atoms with Crippen LogP contribution in [0.1, 0.15) is 33.6 Å². The predicted molar refractivity (Wildman–Crippen MR) is 55.4 cm³/mol. The van der Waals surface area contributed by atoms with Gasteiger partial charge in [0.25, 0.3) is 0 Å². The van der Waals surface area contributed by atoms with Crippen molar-refractivity contribution in [2.75, 3.05) is 13.7 Å². The first-order chi connectivity index (χ1) is 6.37. The third kappa shape index (κ3) is 6.86. The van der Waals surface area contributed by atoms with Crippen LogP contribution in [0, 0.1) is 0 Å². The van der Waals surface area contributed by atoms with Gasteiger partial charge in [0.1, 0.15) is 6.04 Å². The topological polar surface area (TPSA) is 58.6 Å². The van der Waals surface area contributed by atoms with Gasteiger partial charge >= 0.3 is 5.97 Å². The van der Waals surface area contributed by atoms with E-state index in [-0.39, 0.29) is 11.6 Å². The minimum atomic E-state index is -0.720. The second-order valence-electron chi connectivity index (χ2n) is 4.30. The van der Waals surface area contributed by atoms with Crippen LogP contribution in [0.2, 0.25) is 0 Å². The van der Waals surface area contributed by atoms with Crippen molar-refractivity contribution in [1.82, 2.24) is 5.32 Å². The Labute approximate surface area is 85.6 Å². The van der Waals surface area contributed by atoms with E-state index in [1.54, 1.807) is 7.11 Å². The average Bonchev–Trinajstić information content (AvgIpc) is 2.56. The molecule has 0 aromatic carbocycles. The highest BCUT2D eigenvalue weighted by molar-refractivity contribution is 5.73. The van der Waals surface area contributed by atoms with Gasteiger partial charge in [-0.2, -0.15) is 0 Å². The molecule has 0 saturated carbocycles. The molecule has 14 heavy (non-hydrogen) atoms. The van der Waals surface area contributed by atoms with E-state index in [4.69, 9.17) is 9.84 Å². The molecule has 1 atom stereocenters. The van der Waals surface area contributed by atoms with Crippen molar-refractivity contribution in [3.63, 3.8) is 0 Å². The van der Waals surface area contributed by atoms with Crippen molar-refractivity contribution in [2.45, 2.75) is 45.3 Å². The van der Waals surface area contributed by atoms with Crippen molar-refractivity contribution in [3.05, 3.63) is 0 Å². The number of hydrogen-bond acceptors (Lipinski definition) is 3. The fourth-order valence-electron chi connectivity index (χ4n) is 0.895. The van der Waals surface area contributed by atoms with E-state index in [0.29, 0.717) is 0 Å². The highest BCUT2D eigenvalue weighted by Crippen LogP contribution is 2.03. The third-order valence-corrected chi connectivity index (χ3v) is 1.97. The SMILES string of the molecule is COC(C)(C)C.O=C(O)[C@@H]1CCCN1. The third-order valence-electron chi connectivity index (χ3n) is 1.97. The van der Waals surface area contributed by atoms with E-state index in [9.17, 15) is 4.79 Å².